The van der Waals surface area contributed by atoms with E-state index in [1.54, 1.807) is 16.3 Å². The van der Waals surface area contributed by atoms with E-state index < -0.39 is 49.8 Å². The third-order valence-corrected chi connectivity index (χ3v) is 8.21. The number of thiazole rings is 1. The third-order valence-electron chi connectivity index (χ3n) is 5.12. The number of nitrogens with zero attached hydrogens (tertiary/aromatic N) is 3. The summed E-state index contributed by atoms with van der Waals surface area (Å²) in [5, 5.41) is 2.52. The van der Waals surface area contributed by atoms with Crippen LogP contribution in [0.15, 0.2) is 28.5 Å². The van der Waals surface area contributed by atoms with Crippen LogP contribution >= 0.6 is 22.9 Å². The SMILES string of the molecule is O=S(=O)(c1c(F)c(F)c(F)c(F)c1F)N1CCN(c2nc(Cc3cc(F)cc(Cl)c3)cs2)CC1. The summed E-state index contributed by atoms with van der Waals surface area (Å²) in [6.45, 7) is -0.409. The lowest BCUT2D eigenvalue weighted by molar-refractivity contribution is 0.344. The molecule has 0 radical (unpaired) electrons. The molecular formula is C20H14ClF6N3O2S2. The van der Waals surface area contributed by atoms with Crippen LogP contribution in [-0.4, -0.2) is 43.9 Å². The lowest BCUT2D eigenvalue weighted by atomic mass is 10.1. The molecule has 0 unspecified atom stereocenters. The average Bonchev–Trinajstić information content (AvgIpc) is 3.24. The maximum absolute atomic E-state index is 14.0. The van der Waals surface area contributed by atoms with Crippen molar-refractivity contribution in [2.45, 2.75) is 11.3 Å². The summed E-state index contributed by atoms with van der Waals surface area (Å²) in [5.74, 6) is -12.4. The summed E-state index contributed by atoms with van der Waals surface area (Å²) in [5.41, 5.74) is 1.23. The fourth-order valence-corrected chi connectivity index (χ4v) is 6.16. The lowest BCUT2D eigenvalue weighted by Crippen LogP contribution is -2.49. The van der Waals surface area contributed by atoms with Crippen LogP contribution < -0.4 is 4.90 Å². The van der Waals surface area contributed by atoms with Crippen molar-refractivity contribution in [3.63, 3.8) is 0 Å². The molecule has 2 aromatic carbocycles. The molecule has 3 aromatic rings. The van der Waals surface area contributed by atoms with Crippen LogP contribution in [0.1, 0.15) is 11.3 Å². The van der Waals surface area contributed by atoms with Gasteiger partial charge in [0.2, 0.25) is 15.8 Å². The van der Waals surface area contributed by atoms with Crippen molar-refractivity contribution in [3.05, 3.63) is 74.8 Å². The van der Waals surface area contributed by atoms with Gasteiger partial charge in [0, 0.05) is 43.0 Å². The second-order valence-corrected chi connectivity index (χ2v) is 10.5. The van der Waals surface area contributed by atoms with Crippen LogP contribution in [-0.2, 0) is 16.4 Å². The zero-order valence-electron chi connectivity index (χ0n) is 17.0. The Hall–Kier alpha value is -2.35. The number of benzene rings is 2. The Bertz CT molecular complexity index is 1310. The van der Waals surface area contributed by atoms with Crippen LogP contribution in [0.4, 0.5) is 31.5 Å². The van der Waals surface area contributed by atoms with Crippen molar-refractivity contribution in [3.8, 4) is 0 Å². The molecule has 14 heteroatoms. The highest BCUT2D eigenvalue weighted by molar-refractivity contribution is 7.89. The van der Waals surface area contributed by atoms with Gasteiger partial charge >= 0.3 is 0 Å². The molecule has 0 bridgehead atoms. The Morgan fingerprint density at radius 2 is 1.47 bits per heavy atom. The van der Waals surface area contributed by atoms with Gasteiger partial charge in [-0.2, -0.15) is 4.31 Å². The molecule has 1 aromatic heterocycles. The van der Waals surface area contributed by atoms with Gasteiger partial charge in [0.05, 0.1) is 5.69 Å². The first-order valence-electron chi connectivity index (χ1n) is 9.65. The van der Waals surface area contributed by atoms with Crippen molar-refractivity contribution in [1.82, 2.24) is 9.29 Å². The molecular weight excluding hydrogens is 528 g/mol. The fraction of sp³-hybridized carbons (Fsp3) is 0.250. The van der Waals surface area contributed by atoms with E-state index in [1.807, 2.05) is 0 Å². The summed E-state index contributed by atoms with van der Waals surface area (Å²) in [6, 6.07) is 4.11. The number of piperazine rings is 1. The topological polar surface area (TPSA) is 53.5 Å². The minimum absolute atomic E-state index is 0.0629. The molecule has 0 spiro atoms. The first kappa shape index (κ1) is 24.8. The standard InChI is InChI=1S/C20H14ClF6N3O2S2/c21-11-5-10(6-12(22)8-11)7-13-9-33-20(28-13)29-1-3-30(4-2-29)34(31,32)19-17(26)15(24)14(23)16(25)18(19)27/h5-6,8-9H,1-4,7H2. The van der Waals surface area contributed by atoms with Crippen molar-refractivity contribution in [1.29, 1.82) is 0 Å². The second-order valence-electron chi connectivity index (χ2n) is 7.37. The Morgan fingerprint density at radius 1 is 0.882 bits per heavy atom. The summed E-state index contributed by atoms with van der Waals surface area (Å²) in [6.07, 6.45) is 0.308. The van der Waals surface area contributed by atoms with Crippen molar-refractivity contribution in [2.24, 2.45) is 0 Å². The smallest absolute Gasteiger partial charge is 0.249 e. The van der Waals surface area contributed by atoms with Gasteiger partial charge in [-0.05, 0) is 23.8 Å². The fourth-order valence-electron chi connectivity index (χ4n) is 3.50. The van der Waals surface area contributed by atoms with E-state index in [4.69, 9.17) is 11.6 Å². The molecule has 1 fully saturated rings. The van der Waals surface area contributed by atoms with E-state index in [1.165, 1.54) is 23.5 Å². The molecule has 1 aliphatic rings. The van der Waals surface area contributed by atoms with Crippen molar-refractivity contribution < 1.29 is 34.8 Å². The number of sulfonamides is 1. The molecule has 182 valence electrons. The molecule has 1 saturated heterocycles. The van der Waals surface area contributed by atoms with Crippen LogP contribution in [0.2, 0.25) is 5.02 Å². The van der Waals surface area contributed by atoms with Crippen molar-refractivity contribution in [2.75, 3.05) is 31.1 Å². The van der Waals surface area contributed by atoms with E-state index in [9.17, 15) is 34.8 Å². The van der Waals surface area contributed by atoms with E-state index in [2.05, 4.69) is 4.98 Å². The van der Waals surface area contributed by atoms with Crippen LogP contribution in [0.3, 0.4) is 0 Å². The molecule has 0 amide bonds. The average molecular weight is 542 g/mol. The van der Waals surface area contributed by atoms with Crippen LogP contribution in [0.25, 0.3) is 0 Å². The van der Waals surface area contributed by atoms with E-state index in [0.717, 1.165) is 0 Å². The van der Waals surface area contributed by atoms with Crippen LogP contribution in [0, 0.1) is 34.9 Å². The summed E-state index contributed by atoms with van der Waals surface area (Å²) in [7, 11) is -4.99. The van der Waals surface area contributed by atoms with Crippen molar-refractivity contribution >= 4 is 38.1 Å². The zero-order valence-corrected chi connectivity index (χ0v) is 19.4. The molecule has 34 heavy (non-hydrogen) atoms. The highest BCUT2D eigenvalue weighted by Gasteiger charge is 2.38. The lowest BCUT2D eigenvalue weighted by Gasteiger charge is -2.33. The zero-order chi connectivity index (χ0) is 24.8. The highest BCUT2D eigenvalue weighted by atomic mass is 35.5. The molecule has 0 aliphatic carbocycles. The second kappa shape index (κ2) is 9.36. The minimum Gasteiger partial charge on any atom is -0.345 e. The quantitative estimate of drug-likeness (QED) is 0.266. The number of halogens is 7. The summed E-state index contributed by atoms with van der Waals surface area (Å²) >= 11 is 7.11. The summed E-state index contributed by atoms with van der Waals surface area (Å²) in [4.78, 5) is 4.29. The van der Waals surface area contributed by atoms with Gasteiger partial charge in [-0.1, -0.05) is 11.6 Å². The normalized spacial score (nSPS) is 15.2. The molecule has 0 atom stereocenters. The molecule has 0 saturated carbocycles. The maximum atomic E-state index is 14.0. The van der Waals surface area contributed by atoms with Gasteiger partial charge < -0.3 is 4.90 Å². The van der Waals surface area contributed by atoms with Gasteiger partial charge in [0.1, 0.15) is 5.82 Å². The van der Waals surface area contributed by atoms with E-state index in [0.29, 0.717) is 27.1 Å². The Morgan fingerprint density at radius 3 is 2.06 bits per heavy atom. The van der Waals surface area contributed by atoms with Gasteiger partial charge in [-0.3, -0.25) is 0 Å². The van der Waals surface area contributed by atoms with Gasteiger partial charge in [-0.25, -0.2) is 39.7 Å². The molecule has 5 nitrogen and oxygen atoms in total. The van der Waals surface area contributed by atoms with Gasteiger partial charge in [0.15, 0.2) is 33.3 Å². The van der Waals surface area contributed by atoms with E-state index in [-0.39, 0.29) is 31.2 Å². The monoisotopic (exact) mass is 541 g/mol. The summed E-state index contributed by atoms with van der Waals surface area (Å²) < 4.78 is 108. The number of aromatic nitrogens is 1. The predicted octanol–water partition coefficient (Wildman–Crippen LogP) is 4.73. The maximum Gasteiger partial charge on any atom is 0.249 e. The highest BCUT2D eigenvalue weighted by Crippen LogP contribution is 2.31. The molecule has 2 heterocycles. The first-order chi connectivity index (χ1) is 16.0. The number of hydrogen-bond acceptors (Lipinski definition) is 5. The molecule has 4 rings (SSSR count). The Kier molecular flexibility index (Phi) is 6.82. The van der Waals surface area contributed by atoms with Gasteiger partial charge in [-0.15, -0.1) is 11.3 Å². The van der Waals surface area contributed by atoms with Gasteiger partial charge in [0.25, 0.3) is 0 Å². The Balaban J connectivity index is 1.48. The third kappa shape index (κ3) is 4.61. The predicted molar refractivity (Wildman–Crippen MR) is 114 cm³/mol. The molecule has 0 N–H and O–H groups in total. The largest absolute Gasteiger partial charge is 0.345 e. The minimum atomic E-state index is -4.99. The van der Waals surface area contributed by atoms with Crippen LogP contribution in [0.5, 0.6) is 0 Å². The molecule has 1 aliphatic heterocycles. The first-order valence-corrected chi connectivity index (χ1v) is 12.3. The number of rotatable bonds is 5. The number of anilines is 1. The van der Waals surface area contributed by atoms with E-state index >= 15 is 0 Å². The Labute approximate surface area is 199 Å². The number of hydrogen-bond donors (Lipinski definition) is 0.